The van der Waals surface area contributed by atoms with Crippen LogP contribution in [0.15, 0.2) is 0 Å². The molecular formula is C17H36BNO. The van der Waals surface area contributed by atoms with E-state index in [2.05, 4.69) is 33.5 Å². The average Bonchev–Trinajstić information content (AvgIpc) is 2.81. The monoisotopic (exact) mass is 281 g/mol. The Labute approximate surface area is 127 Å². The molecule has 3 heteroatoms. The van der Waals surface area contributed by atoms with Crippen molar-refractivity contribution in [3.05, 3.63) is 0 Å². The lowest BCUT2D eigenvalue weighted by Gasteiger charge is -2.43. The van der Waals surface area contributed by atoms with Crippen molar-refractivity contribution in [3.63, 3.8) is 0 Å². The molecule has 2 atom stereocenters. The maximum absolute atomic E-state index is 10.1. The van der Waals surface area contributed by atoms with Crippen molar-refractivity contribution in [1.29, 1.82) is 0 Å². The molecule has 1 rings (SSSR count). The first-order chi connectivity index (χ1) is 9.57. The van der Waals surface area contributed by atoms with Gasteiger partial charge in [-0.15, -0.1) is 0 Å². The Morgan fingerprint density at radius 1 is 1.10 bits per heavy atom. The molecule has 0 saturated carbocycles. The van der Waals surface area contributed by atoms with Crippen molar-refractivity contribution in [1.82, 2.24) is 4.90 Å². The van der Waals surface area contributed by atoms with Crippen LogP contribution in [0.1, 0.15) is 78.6 Å². The van der Waals surface area contributed by atoms with Gasteiger partial charge < -0.3 is 5.11 Å². The number of hydrogen-bond donors (Lipinski definition) is 1. The molecule has 2 nitrogen and oxygen atoms in total. The summed E-state index contributed by atoms with van der Waals surface area (Å²) >= 11 is 0. The first-order valence-corrected chi connectivity index (χ1v) is 9.02. The van der Waals surface area contributed by atoms with Gasteiger partial charge in [-0.2, -0.15) is 0 Å². The minimum absolute atomic E-state index is 0.100. The second kappa shape index (κ2) is 9.09. The third-order valence-electron chi connectivity index (χ3n) is 5.19. The van der Waals surface area contributed by atoms with Crippen molar-refractivity contribution in [2.45, 2.75) is 103 Å². The fraction of sp³-hybridized carbons (Fsp3) is 1.00. The van der Waals surface area contributed by atoms with Gasteiger partial charge in [0.2, 0.25) is 0 Å². The van der Waals surface area contributed by atoms with E-state index in [1.165, 1.54) is 57.7 Å². The van der Waals surface area contributed by atoms with E-state index in [4.69, 9.17) is 0 Å². The summed E-state index contributed by atoms with van der Waals surface area (Å²) in [6, 6.07) is 0.596. The molecule has 0 spiro atoms. The molecule has 0 aromatic heterocycles. The summed E-state index contributed by atoms with van der Waals surface area (Å²) in [5.74, 6) is 0. The van der Waals surface area contributed by atoms with E-state index in [1.54, 1.807) is 0 Å². The molecule has 118 valence electrons. The lowest BCUT2D eigenvalue weighted by molar-refractivity contribution is 0.0627. The van der Waals surface area contributed by atoms with Crippen LogP contribution in [0.2, 0.25) is 6.32 Å². The van der Waals surface area contributed by atoms with E-state index < -0.39 is 0 Å². The van der Waals surface area contributed by atoms with Gasteiger partial charge in [-0.3, -0.25) is 4.90 Å². The predicted molar refractivity (Wildman–Crippen MR) is 91.2 cm³/mol. The summed E-state index contributed by atoms with van der Waals surface area (Å²) in [4.78, 5) is 2.66. The minimum atomic E-state index is -0.100. The lowest BCUT2D eigenvalue weighted by Crippen LogP contribution is -2.49. The number of rotatable bonds is 10. The number of aliphatic hydroxyl groups excluding tert-OH is 1. The number of β-amino-alcohol motifs (C(OH)–C–C–N with tert-alkyl or cyclic N) is 1. The maximum Gasteiger partial charge on any atom is 0.103 e. The maximum atomic E-state index is 10.1. The van der Waals surface area contributed by atoms with Gasteiger partial charge in [0.1, 0.15) is 7.85 Å². The second-order valence-electron chi connectivity index (χ2n) is 7.02. The van der Waals surface area contributed by atoms with Crippen LogP contribution in [-0.2, 0) is 0 Å². The Morgan fingerprint density at radius 3 is 2.10 bits per heavy atom. The first-order valence-electron chi connectivity index (χ1n) is 9.02. The van der Waals surface area contributed by atoms with Crippen molar-refractivity contribution in [2.24, 2.45) is 0 Å². The van der Waals surface area contributed by atoms with Crippen LogP contribution >= 0.6 is 0 Å². The van der Waals surface area contributed by atoms with Crippen LogP contribution < -0.4 is 0 Å². The lowest BCUT2D eigenvalue weighted by atomic mass is 9.84. The van der Waals surface area contributed by atoms with E-state index in [1.807, 2.05) is 0 Å². The van der Waals surface area contributed by atoms with Crippen molar-refractivity contribution < 1.29 is 5.11 Å². The molecule has 0 aromatic carbocycles. The summed E-state index contributed by atoms with van der Waals surface area (Å²) in [6.07, 6.45) is 12.6. The summed E-state index contributed by atoms with van der Waals surface area (Å²) in [6.45, 7) is 7.91. The summed E-state index contributed by atoms with van der Waals surface area (Å²) in [5.41, 5.74) is 0.308. The number of hydrogen-bond acceptors (Lipinski definition) is 2. The van der Waals surface area contributed by atoms with Crippen LogP contribution in [0, 0.1) is 0 Å². The molecule has 1 N–H and O–H groups in total. The Kier molecular flexibility index (Phi) is 8.20. The van der Waals surface area contributed by atoms with Crippen molar-refractivity contribution in [3.8, 4) is 0 Å². The zero-order valence-electron chi connectivity index (χ0n) is 14.3. The number of aliphatic hydroxyl groups is 1. The molecule has 0 amide bonds. The highest BCUT2D eigenvalue weighted by Gasteiger charge is 2.40. The second-order valence-corrected chi connectivity index (χ2v) is 7.02. The zero-order valence-corrected chi connectivity index (χ0v) is 14.3. The summed E-state index contributed by atoms with van der Waals surface area (Å²) < 4.78 is 0. The average molecular weight is 281 g/mol. The molecule has 20 heavy (non-hydrogen) atoms. The van der Waals surface area contributed by atoms with E-state index in [9.17, 15) is 5.11 Å². The molecule has 1 heterocycles. The fourth-order valence-corrected chi connectivity index (χ4v) is 3.86. The van der Waals surface area contributed by atoms with Gasteiger partial charge in [-0.05, 0) is 26.2 Å². The molecule has 1 aliphatic rings. The highest BCUT2D eigenvalue weighted by Crippen LogP contribution is 2.36. The summed E-state index contributed by atoms with van der Waals surface area (Å²) in [5, 5.41) is 10.1. The quantitative estimate of drug-likeness (QED) is 0.490. The van der Waals surface area contributed by atoms with E-state index >= 15 is 0 Å². The van der Waals surface area contributed by atoms with Gasteiger partial charge >= 0.3 is 0 Å². The summed E-state index contributed by atoms with van der Waals surface area (Å²) in [7, 11) is 2.27. The van der Waals surface area contributed by atoms with E-state index in [0.29, 0.717) is 11.6 Å². The van der Waals surface area contributed by atoms with Crippen LogP contribution in [0.5, 0.6) is 0 Å². The number of likely N-dealkylation sites (tertiary alicyclic amines) is 1. The van der Waals surface area contributed by atoms with Gasteiger partial charge in [-0.25, -0.2) is 0 Å². The highest BCUT2D eigenvalue weighted by atomic mass is 16.3. The van der Waals surface area contributed by atoms with Crippen molar-refractivity contribution in [2.75, 3.05) is 6.54 Å². The Balaban J connectivity index is 2.68. The molecule has 0 radical (unpaired) electrons. The first kappa shape index (κ1) is 18.0. The van der Waals surface area contributed by atoms with Crippen molar-refractivity contribution >= 4 is 7.85 Å². The largest absolute Gasteiger partial charge is 0.392 e. The Morgan fingerprint density at radius 2 is 1.65 bits per heavy atom. The topological polar surface area (TPSA) is 23.5 Å². The number of unbranched alkanes of at least 4 members (excludes halogenated alkanes) is 4. The molecule has 0 aromatic rings. The van der Waals surface area contributed by atoms with Gasteiger partial charge in [0.25, 0.3) is 0 Å². The SMILES string of the molecule is BCC1CC(O)CN1C(C)(CCCCC)CCCCC. The van der Waals surface area contributed by atoms with Gasteiger partial charge in [-0.1, -0.05) is 58.7 Å². The van der Waals surface area contributed by atoms with Gasteiger partial charge in [0.05, 0.1) is 6.10 Å². The van der Waals surface area contributed by atoms with Crippen LogP contribution in [0.25, 0.3) is 0 Å². The zero-order chi connectivity index (χ0) is 15.0. The molecule has 1 aliphatic heterocycles. The van der Waals surface area contributed by atoms with Gasteiger partial charge in [0.15, 0.2) is 0 Å². The van der Waals surface area contributed by atoms with Crippen LogP contribution in [-0.4, -0.2) is 42.1 Å². The molecule has 1 fully saturated rings. The smallest absolute Gasteiger partial charge is 0.103 e. The molecule has 0 aliphatic carbocycles. The van der Waals surface area contributed by atoms with Crippen LogP contribution in [0.3, 0.4) is 0 Å². The standard InChI is InChI=1S/C17H36BNO/c1-4-6-8-10-17(3,11-9-7-5-2)19-14-16(20)12-15(19)13-18/h15-16,20H,4-14,18H2,1-3H3. The van der Waals surface area contributed by atoms with E-state index in [-0.39, 0.29) is 6.10 Å². The Bertz CT molecular complexity index is 249. The predicted octanol–water partition coefficient (Wildman–Crippen LogP) is 3.39. The highest BCUT2D eigenvalue weighted by molar-refractivity contribution is 6.09. The third-order valence-corrected chi connectivity index (χ3v) is 5.19. The fourth-order valence-electron chi connectivity index (χ4n) is 3.86. The number of nitrogens with zero attached hydrogens (tertiary/aromatic N) is 1. The van der Waals surface area contributed by atoms with E-state index in [0.717, 1.165) is 13.0 Å². The molecule has 2 unspecified atom stereocenters. The molecular weight excluding hydrogens is 245 g/mol. The molecule has 1 saturated heterocycles. The van der Waals surface area contributed by atoms with Gasteiger partial charge in [0, 0.05) is 18.1 Å². The molecule has 0 bridgehead atoms. The minimum Gasteiger partial charge on any atom is -0.392 e. The normalized spacial score (nSPS) is 24.4. The van der Waals surface area contributed by atoms with Crippen LogP contribution in [0.4, 0.5) is 0 Å². The third kappa shape index (κ3) is 5.07. The Hall–Kier alpha value is -0.0151.